The van der Waals surface area contributed by atoms with Crippen molar-refractivity contribution in [3.63, 3.8) is 0 Å². The molecule has 2 aromatic heterocycles. The first-order valence-corrected chi connectivity index (χ1v) is 6.78. The Kier molecular flexibility index (Phi) is 3.97. The number of hydrogen-bond acceptors (Lipinski definition) is 3. The molecule has 0 fully saturated rings. The third-order valence-electron chi connectivity index (χ3n) is 2.90. The van der Waals surface area contributed by atoms with E-state index in [2.05, 4.69) is 41.7 Å². The molecular weight excluding hydrogens is 230 g/mol. The lowest BCUT2D eigenvalue weighted by Crippen LogP contribution is -2.15. The number of nitrogens with zero attached hydrogens (tertiary/aromatic N) is 2. The van der Waals surface area contributed by atoms with E-state index in [9.17, 15) is 0 Å². The summed E-state index contributed by atoms with van der Waals surface area (Å²) in [6, 6.07) is 2.27. The van der Waals surface area contributed by atoms with Crippen LogP contribution < -0.4 is 5.32 Å². The van der Waals surface area contributed by atoms with Gasteiger partial charge in [0.25, 0.3) is 0 Å². The summed E-state index contributed by atoms with van der Waals surface area (Å²) in [4.78, 5) is 7.04. The summed E-state index contributed by atoms with van der Waals surface area (Å²) in [5.41, 5.74) is 2.63. The average Bonchev–Trinajstić information content (AvgIpc) is 2.85. The zero-order chi connectivity index (χ0) is 12.3. The Morgan fingerprint density at radius 1 is 1.41 bits per heavy atom. The molecule has 2 aromatic rings. The van der Waals surface area contributed by atoms with Gasteiger partial charge in [-0.15, -0.1) is 11.3 Å². The van der Waals surface area contributed by atoms with Crippen LogP contribution in [0.1, 0.15) is 27.9 Å². The molecule has 0 unspecified atom stereocenters. The minimum atomic E-state index is 0.889. The highest BCUT2D eigenvalue weighted by molar-refractivity contribution is 7.12. The molecule has 0 aromatic carbocycles. The molecule has 2 rings (SSSR count). The fraction of sp³-hybridized carbons (Fsp3) is 0.462. The lowest BCUT2D eigenvalue weighted by Gasteiger charge is -2.06. The topological polar surface area (TPSA) is 29.9 Å². The van der Waals surface area contributed by atoms with E-state index in [1.54, 1.807) is 0 Å². The van der Waals surface area contributed by atoms with Crippen molar-refractivity contribution in [3.8, 4) is 0 Å². The van der Waals surface area contributed by atoms with Crippen LogP contribution in [-0.4, -0.2) is 16.1 Å². The number of aromatic nitrogens is 2. The molecule has 4 heteroatoms. The van der Waals surface area contributed by atoms with Crippen molar-refractivity contribution in [3.05, 3.63) is 39.6 Å². The number of aryl methyl sites for hydroxylation is 2. The normalized spacial score (nSPS) is 11.0. The molecule has 0 saturated heterocycles. The van der Waals surface area contributed by atoms with E-state index in [0.717, 1.165) is 19.6 Å². The van der Waals surface area contributed by atoms with Gasteiger partial charge in [-0.3, -0.25) is 0 Å². The number of rotatable bonds is 5. The van der Waals surface area contributed by atoms with Crippen molar-refractivity contribution in [2.75, 3.05) is 6.54 Å². The monoisotopic (exact) mass is 249 g/mol. The minimum absolute atomic E-state index is 0.889. The number of hydrogen-bond donors (Lipinski definition) is 1. The highest BCUT2D eigenvalue weighted by Gasteiger charge is 2.05. The molecule has 1 N–H and O–H groups in total. The van der Waals surface area contributed by atoms with E-state index < -0.39 is 0 Å². The summed E-state index contributed by atoms with van der Waals surface area (Å²) in [5.74, 6) is 0. The lowest BCUT2D eigenvalue weighted by molar-refractivity contribution is 0.659. The Morgan fingerprint density at radius 3 is 2.88 bits per heavy atom. The highest BCUT2D eigenvalue weighted by Crippen LogP contribution is 2.21. The Balaban J connectivity index is 2.10. The van der Waals surface area contributed by atoms with Crippen LogP contribution in [0, 0.1) is 13.8 Å². The Bertz CT molecular complexity index is 465. The van der Waals surface area contributed by atoms with Crippen molar-refractivity contribution in [1.82, 2.24) is 14.9 Å². The van der Waals surface area contributed by atoms with Gasteiger partial charge in [0, 0.05) is 22.5 Å². The van der Waals surface area contributed by atoms with Gasteiger partial charge in [-0.1, -0.05) is 6.92 Å². The van der Waals surface area contributed by atoms with Crippen LogP contribution in [0.15, 0.2) is 18.6 Å². The van der Waals surface area contributed by atoms with E-state index in [4.69, 9.17) is 0 Å². The summed E-state index contributed by atoms with van der Waals surface area (Å²) >= 11 is 1.88. The predicted molar refractivity (Wildman–Crippen MR) is 72.5 cm³/mol. The van der Waals surface area contributed by atoms with Gasteiger partial charge in [0.2, 0.25) is 0 Å². The molecule has 17 heavy (non-hydrogen) atoms. The van der Waals surface area contributed by atoms with Crippen molar-refractivity contribution in [1.29, 1.82) is 0 Å². The smallest absolute Gasteiger partial charge is 0.0952 e. The van der Waals surface area contributed by atoms with Crippen LogP contribution in [0.5, 0.6) is 0 Å². The summed E-state index contributed by atoms with van der Waals surface area (Å²) in [6.45, 7) is 9.27. The second kappa shape index (κ2) is 5.47. The molecule has 0 saturated carbocycles. The highest BCUT2D eigenvalue weighted by atomic mass is 32.1. The molecule has 0 aliphatic carbocycles. The fourth-order valence-electron chi connectivity index (χ4n) is 1.79. The van der Waals surface area contributed by atoms with Gasteiger partial charge in [-0.25, -0.2) is 4.98 Å². The van der Waals surface area contributed by atoms with Crippen LogP contribution in [0.4, 0.5) is 0 Å². The van der Waals surface area contributed by atoms with Crippen LogP contribution in [0.25, 0.3) is 0 Å². The van der Waals surface area contributed by atoms with E-state index in [0.29, 0.717) is 0 Å². The first-order chi connectivity index (χ1) is 8.20. The second-order valence-electron chi connectivity index (χ2n) is 4.25. The van der Waals surface area contributed by atoms with E-state index in [-0.39, 0.29) is 0 Å². The van der Waals surface area contributed by atoms with Crippen molar-refractivity contribution < 1.29 is 0 Å². The molecule has 3 nitrogen and oxygen atoms in total. The van der Waals surface area contributed by atoms with Gasteiger partial charge >= 0.3 is 0 Å². The Morgan fingerprint density at radius 2 is 2.24 bits per heavy atom. The van der Waals surface area contributed by atoms with Gasteiger partial charge in [-0.05, 0) is 32.0 Å². The Labute approximate surface area is 107 Å². The summed E-state index contributed by atoms with van der Waals surface area (Å²) in [6.07, 6.45) is 3.85. The molecule has 0 amide bonds. The third-order valence-corrected chi connectivity index (χ3v) is 4.04. The Hall–Kier alpha value is -1.13. The van der Waals surface area contributed by atoms with Crippen LogP contribution in [0.2, 0.25) is 0 Å². The van der Waals surface area contributed by atoms with Crippen molar-refractivity contribution >= 4 is 11.3 Å². The molecule has 92 valence electrons. The molecule has 0 radical (unpaired) electrons. The van der Waals surface area contributed by atoms with Crippen molar-refractivity contribution in [2.24, 2.45) is 0 Å². The maximum Gasteiger partial charge on any atom is 0.0952 e. The van der Waals surface area contributed by atoms with Gasteiger partial charge < -0.3 is 9.88 Å². The van der Waals surface area contributed by atoms with E-state index in [1.165, 1.54) is 21.0 Å². The lowest BCUT2D eigenvalue weighted by atomic mass is 10.3. The minimum Gasteiger partial charge on any atom is -0.328 e. The van der Waals surface area contributed by atoms with Crippen molar-refractivity contribution in [2.45, 2.75) is 33.9 Å². The average molecular weight is 249 g/mol. The SMILES string of the molecule is CCNCc1cncn1Cc1cc(C)c(C)s1. The summed E-state index contributed by atoms with van der Waals surface area (Å²) in [5, 5.41) is 3.34. The molecule has 0 bridgehead atoms. The standard InChI is InChI=1S/C13H19N3S/c1-4-14-6-12-7-15-9-16(12)8-13-5-10(2)11(3)17-13/h5,7,9,14H,4,6,8H2,1-3H3. The van der Waals surface area contributed by atoms with Gasteiger partial charge in [0.1, 0.15) is 0 Å². The molecule has 0 aliphatic rings. The quantitative estimate of drug-likeness (QED) is 0.883. The van der Waals surface area contributed by atoms with E-state index >= 15 is 0 Å². The maximum absolute atomic E-state index is 4.23. The van der Waals surface area contributed by atoms with Crippen LogP contribution in [0.3, 0.4) is 0 Å². The van der Waals surface area contributed by atoms with Gasteiger partial charge in [0.15, 0.2) is 0 Å². The summed E-state index contributed by atoms with van der Waals surface area (Å²) in [7, 11) is 0. The molecule has 2 heterocycles. The zero-order valence-electron chi connectivity index (χ0n) is 10.7. The van der Waals surface area contributed by atoms with Crippen LogP contribution in [-0.2, 0) is 13.1 Å². The third kappa shape index (κ3) is 2.96. The fourth-order valence-corrected chi connectivity index (χ4v) is 2.84. The molecular formula is C13H19N3S. The summed E-state index contributed by atoms with van der Waals surface area (Å²) < 4.78 is 2.22. The number of nitrogens with one attached hydrogen (secondary N) is 1. The zero-order valence-corrected chi connectivity index (χ0v) is 11.5. The predicted octanol–water partition coefficient (Wildman–Crippen LogP) is 2.72. The van der Waals surface area contributed by atoms with E-state index in [1.807, 2.05) is 23.9 Å². The van der Waals surface area contributed by atoms with Crippen LogP contribution >= 0.6 is 11.3 Å². The first-order valence-electron chi connectivity index (χ1n) is 5.96. The van der Waals surface area contributed by atoms with Gasteiger partial charge in [0.05, 0.1) is 18.6 Å². The number of imidazole rings is 1. The largest absolute Gasteiger partial charge is 0.328 e. The first kappa shape index (κ1) is 12.3. The second-order valence-corrected chi connectivity index (χ2v) is 5.59. The molecule has 0 spiro atoms. The number of thiophene rings is 1. The molecule has 0 aliphatic heterocycles. The maximum atomic E-state index is 4.23. The van der Waals surface area contributed by atoms with Gasteiger partial charge in [-0.2, -0.15) is 0 Å². The molecule has 0 atom stereocenters.